The number of likely N-dealkylation sites (tertiary alicyclic amines) is 1. The first kappa shape index (κ1) is 15.0. The monoisotopic (exact) mass is 314 g/mol. The number of piperidine rings is 1. The summed E-state index contributed by atoms with van der Waals surface area (Å²) < 4.78 is 39.9. The molecule has 0 amide bonds. The van der Waals surface area contributed by atoms with E-state index in [2.05, 4.69) is 25.3 Å². The van der Waals surface area contributed by atoms with Crippen LogP contribution < -0.4 is 5.32 Å². The second-order valence-corrected chi connectivity index (χ2v) is 5.33. The quantitative estimate of drug-likeness (QED) is 0.936. The Balaban J connectivity index is 1.73. The minimum Gasteiger partial charge on any atom is -0.369 e. The molecule has 22 heavy (non-hydrogen) atoms. The summed E-state index contributed by atoms with van der Waals surface area (Å²) in [6.07, 6.45) is 0.305. The van der Waals surface area contributed by atoms with Crippen LogP contribution in [0.25, 0.3) is 5.78 Å². The molecule has 0 spiro atoms. The van der Waals surface area contributed by atoms with E-state index < -0.39 is 11.9 Å². The topological polar surface area (TPSA) is 58.4 Å². The Morgan fingerprint density at radius 1 is 1.18 bits per heavy atom. The molecule has 6 nitrogen and oxygen atoms in total. The van der Waals surface area contributed by atoms with Crippen LogP contribution in [0.4, 0.5) is 19.0 Å². The van der Waals surface area contributed by atoms with Crippen molar-refractivity contribution in [3.8, 4) is 0 Å². The van der Waals surface area contributed by atoms with Gasteiger partial charge in [0.05, 0.1) is 0 Å². The van der Waals surface area contributed by atoms with E-state index in [1.807, 2.05) is 0 Å². The first-order valence-electron chi connectivity index (χ1n) is 7.28. The number of halogens is 3. The molecule has 3 heterocycles. The van der Waals surface area contributed by atoms with Gasteiger partial charge >= 0.3 is 6.18 Å². The number of aromatic nitrogens is 4. The van der Waals surface area contributed by atoms with Crippen molar-refractivity contribution in [1.82, 2.24) is 24.5 Å². The molecule has 1 aliphatic heterocycles. The van der Waals surface area contributed by atoms with Crippen LogP contribution in [-0.4, -0.2) is 50.7 Å². The maximum Gasteiger partial charge on any atom is 0.433 e. The predicted molar refractivity (Wildman–Crippen MR) is 74.6 cm³/mol. The maximum absolute atomic E-state index is 12.9. The Morgan fingerprint density at radius 3 is 2.68 bits per heavy atom. The van der Waals surface area contributed by atoms with E-state index >= 15 is 0 Å². The van der Waals surface area contributed by atoms with Crippen LogP contribution in [-0.2, 0) is 6.18 Å². The van der Waals surface area contributed by atoms with Gasteiger partial charge in [-0.15, -0.1) is 0 Å². The lowest BCUT2D eigenvalue weighted by Gasteiger charge is -2.26. The maximum atomic E-state index is 12.9. The van der Waals surface area contributed by atoms with Crippen molar-refractivity contribution < 1.29 is 13.2 Å². The van der Waals surface area contributed by atoms with Gasteiger partial charge in [-0.25, -0.2) is 4.98 Å². The van der Waals surface area contributed by atoms with E-state index in [-0.39, 0.29) is 11.6 Å². The molecule has 0 radical (unpaired) electrons. The fourth-order valence-electron chi connectivity index (χ4n) is 2.61. The van der Waals surface area contributed by atoms with Gasteiger partial charge in [0.25, 0.3) is 5.78 Å². The van der Waals surface area contributed by atoms with Crippen molar-refractivity contribution in [2.45, 2.75) is 25.4 Å². The summed E-state index contributed by atoms with van der Waals surface area (Å²) in [6.45, 7) is 3.44. The number of nitrogens with zero attached hydrogens (tertiary/aromatic N) is 5. The molecule has 0 bridgehead atoms. The van der Waals surface area contributed by atoms with Gasteiger partial charge in [-0.3, -0.25) is 0 Å². The first-order valence-corrected chi connectivity index (χ1v) is 7.28. The number of rotatable bonds is 4. The molecule has 0 aliphatic carbocycles. The minimum atomic E-state index is -4.50. The summed E-state index contributed by atoms with van der Waals surface area (Å²) >= 11 is 0. The number of alkyl halides is 3. The molecule has 0 atom stereocenters. The van der Waals surface area contributed by atoms with Crippen molar-refractivity contribution >= 4 is 11.6 Å². The molecule has 120 valence electrons. The number of hydrogen-bond acceptors (Lipinski definition) is 5. The Hall–Kier alpha value is -1.90. The van der Waals surface area contributed by atoms with Gasteiger partial charge in [0, 0.05) is 19.2 Å². The third-order valence-corrected chi connectivity index (χ3v) is 3.73. The summed E-state index contributed by atoms with van der Waals surface area (Å²) in [5.74, 6) is 0.196. The Bertz CT molecular complexity index is 632. The van der Waals surface area contributed by atoms with E-state index in [1.165, 1.54) is 30.1 Å². The fourth-order valence-corrected chi connectivity index (χ4v) is 2.61. The summed E-state index contributed by atoms with van der Waals surface area (Å²) in [6, 6.07) is 0.970. The van der Waals surface area contributed by atoms with Crippen molar-refractivity contribution in [2.75, 3.05) is 31.5 Å². The van der Waals surface area contributed by atoms with Crippen molar-refractivity contribution in [2.24, 2.45) is 0 Å². The van der Waals surface area contributed by atoms with Crippen LogP contribution in [0, 0.1) is 0 Å². The van der Waals surface area contributed by atoms with E-state index in [1.54, 1.807) is 0 Å². The molecular formula is C13H17F3N6. The van der Waals surface area contributed by atoms with Crippen LogP contribution in [0.2, 0.25) is 0 Å². The molecule has 1 aliphatic rings. The Kier molecular flexibility index (Phi) is 4.14. The average molecular weight is 314 g/mol. The van der Waals surface area contributed by atoms with Crippen molar-refractivity contribution in [3.05, 3.63) is 18.1 Å². The molecule has 9 heteroatoms. The van der Waals surface area contributed by atoms with E-state index in [0.29, 0.717) is 6.54 Å². The standard InChI is InChI=1S/C13H17F3N6/c14-13(15,16)10-8-11(22-12(20-10)18-9-19-22)17-4-7-21-5-2-1-3-6-21/h8-9,17H,1-7H2. The highest BCUT2D eigenvalue weighted by atomic mass is 19.4. The minimum absolute atomic E-state index is 0.0599. The predicted octanol–water partition coefficient (Wildman–Crippen LogP) is 2.04. The zero-order chi connectivity index (χ0) is 15.6. The molecule has 2 aromatic rings. The third-order valence-electron chi connectivity index (χ3n) is 3.73. The van der Waals surface area contributed by atoms with Gasteiger partial charge in [0.1, 0.15) is 12.1 Å². The normalized spacial score (nSPS) is 17.0. The molecular weight excluding hydrogens is 297 g/mol. The van der Waals surface area contributed by atoms with Gasteiger partial charge in [-0.1, -0.05) is 6.42 Å². The zero-order valence-electron chi connectivity index (χ0n) is 12.0. The smallest absolute Gasteiger partial charge is 0.369 e. The lowest BCUT2D eigenvalue weighted by atomic mass is 10.1. The SMILES string of the molecule is FC(F)(F)c1cc(NCCN2CCCCC2)n2ncnc2n1. The molecule has 0 unspecified atom stereocenters. The molecule has 0 saturated carbocycles. The molecule has 1 N–H and O–H groups in total. The van der Waals surface area contributed by atoms with Crippen molar-refractivity contribution in [3.63, 3.8) is 0 Å². The highest BCUT2D eigenvalue weighted by molar-refractivity contribution is 5.45. The highest BCUT2D eigenvalue weighted by Gasteiger charge is 2.34. The van der Waals surface area contributed by atoms with Crippen LogP contribution in [0.5, 0.6) is 0 Å². The van der Waals surface area contributed by atoms with Crippen molar-refractivity contribution in [1.29, 1.82) is 0 Å². The third kappa shape index (κ3) is 3.29. The number of nitrogens with one attached hydrogen (secondary N) is 1. The second-order valence-electron chi connectivity index (χ2n) is 5.33. The van der Waals surface area contributed by atoms with Crippen LogP contribution in [0.1, 0.15) is 25.0 Å². The number of hydrogen-bond donors (Lipinski definition) is 1. The van der Waals surface area contributed by atoms with Gasteiger partial charge in [-0.2, -0.15) is 27.8 Å². The average Bonchev–Trinajstić information content (AvgIpc) is 2.96. The summed E-state index contributed by atoms with van der Waals surface area (Å²) in [5.41, 5.74) is -0.964. The molecule has 0 aromatic carbocycles. The van der Waals surface area contributed by atoms with Gasteiger partial charge in [0.15, 0.2) is 5.69 Å². The van der Waals surface area contributed by atoms with E-state index in [0.717, 1.165) is 25.7 Å². The lowest BCUT2D eigenvalue weighted by Crippen LogP contribution is -2.34. The Labute approximate surface area is 125 Å². The van der Waals surface area contributed by atoms with Gasteiger partial charge < -0.3 is 10.2 Å². The first-order chi connectivity index (χ1) is 10.5. The zero-order valence-corrected chi connectivity index (χ0v) is 12.0. The highest BCUT2D eigenvalue weighted by Crippen LogP contribution is 2.29. The number of fused-ring (bicyclic) bond motifs is 1. The second kappa shape index (κ2) is 6.07. The van der Waals surface area contributed by atoms with Crippen LogP contribution in [0.3, 0.4) is 0 Å². The molecule has 2 aromatic heterocycles. The van der Waals surface area contributed by atoms with Gasteiger partial charge in [0.2, 0.25) is 0 Å². The Morgan fingerprint density at radius 2 is 1.95 bits per heavy atom. The summed E-state index contributed by atoms with van der Waals surface area (Å²) in [4.78, 5) is 9.53. The summed E-state index contributed by atoms with van der Waals surface area (Å²) in [5, 5.41) is 6.92. The van der Waals surface area contributed by atoms with Gasteiger partial charge in [-0.05, 0) is 25.9 Å². The summed E-state index contributed by atoms with van der Waals surface area (Å²) in [7, 11) is 0. The fraction of sp³-hybridized carbons (Fsp3) is 0.615. The van der Waals surface area contributed by atoms with Crippen LogP contribution >= 0.6 is 0 Å². The number of anilines is 1. The molecule has 3 rings (SSSR count). The van der Waals surface area contributed by atoms with Crippen LogP contribution in [0.15, 0.2) is 12.4 Å². The lowest BCUT2D eigenvalue weighted by molar-refractivity contribution is -0.141. The molecule has 1 saturated heterocycles. The van der Waals surface area contributed by atoms with E-state index in [4.69, 9.17) is 0 Å². The largest absolute Gasteiger partial charge is 0.433 e. The van der Waals surface area contributed by atoms with E-state index in [9.17, 15) is 13.2 Å². The molecule has 1 fully saturated rings.